The Hall–Kier alpha value is -1.44. The molecule has 4 heteroatoms. The molecule has 0 aromatic carbocycles. The van der Waals surface area contributed by atoms with Gasteiger partial charge in [0, 0.05) is 30.9 Å². The first-order chi connectivity index (χ1) is 7.81. The van der Waals surface area contributed by atoms with Crippen molar-refractivity contribution in [2.75, 3.05) is 19.8 Å². The molecular weight excluding hydrogens is 202 g/mol. The van der Waals surface area contributed by atoms with E-state index >= 15 is 0 Å². The molecular formula is C12H15N3O. The monoisotopic (exact) mass is 217 g/mol. The van der Waals surface area contributed by atoms with Gasteiger partial charge >= 0.3 is 0 Å². The summed E-state index contributed by atoms with van der Waals surface area (Å²) in [5.74, 6) is 0. The molecule has 2 heterocycles. The van der Waals surface area contributed by atoms with E-state index in [9.17, 15) is 0 Å². The van der Waals surface area contributed by atoms with Crippen LogP contribution in [-0.4, -0.2) is 35.7 Å². The lowest BCUT2D eigenvalue weighted by molar-refractivity contribution is -0.00444. The van der Waals surface area contributed by atoms with Crippen molar-refractivity contribution >= 4 is 0 Å². The van der Waals surface area contributed by atoms with Crippen molar-refractivity contribution in [2.24, 2.45) is 0 Å². The van der Waals surface area contributed by atoms with Crippen molar-refractivity contribution in [1.29, 1.82) is 5.26 Å². The molecule has 4 nitrogen and oxygen atoms in total. The summed E-state index contributed by atoms with van der Waals surface area (Å²) in [6.45, 7) is 5.37. The molecule has 0 bridgehead atoms. The minimum Gasteiger partial charge on any atom is -0.379 e. The largest absolute Gasteiger partial charge is 0.379 e. The van der Waals surface area contributed by atoms with Gasteiger partial charge in [-0.05, 0) is 13.0 Å². The molecule has 1 aromatic heterocycles. The quantitative estimate of drug-likeness (QED) is 0.746. The van der Waals surface area contributed by atoms with Crippen LogP contribution in [0.1, 0.15) is 18.2 Å². The maximum atomic E-state index is 8.96. The second kappa shape index (κ2) is 5.06. The molecule has 0 aliphatic carbocycles. The SMILES string of the molecule is CC1COCCN1Cc1cccnc1C#N. The zero-order valence-corrected chi connectivity index (χ0v) is 9.39. The molecule has 1 unspecified atom stereocenters. The lowest BCUT2D eigenvalue weighted by atomic mass is 10.1. The third-order valence-corrected chi connectivity index (χ3v) is 2.88. The lowest BCUT2D eigenvalue weighted by Gasteiger charge is -2.33. The Labute approximate surface area is 95.5 Å². The number of nitrogens with zero attached hydrogens (tertiary/aromatic N) is 3. The van der Waals surface area contributed by atoms with Crippen molar-refractivity contribution in [3.05, 3.63) is 29.6 Å². The minimum absolute atomic E-state index is 0.403. The number of hydrogen-bond donors (Lipinski definition) is 0. The summed E-state index contributed by atoms with van der Waals surface area (Å²) >= 11 is 0. The maximum Gasteiger partial charge on any atom is 0.144 e. The van der Waals surface area contributed by atoms with Gasteiger partial charge in [0.15, 0.2) is 0 Å². The first-order valence-corrected chi connectivity index (χ1v) is 5.47. The van der Waals surface area contributed by atoms with Crippen LogP contribution in [-0.2, 0) is 11.3 Å². The van der Waals surface area contributed by atoms with Crippen LogP contribution < -0.4 is 0 Å². The summed E-state index contributed by atoms with van der Waals surface area (Å²) in [4.78, 5) is 6.39. The Kier molecular flexibility index (Phi) is 3.50. The summed E-state index contributed by atoms with van der Waals surface area (Å²) in [7, 11) is 0. The van der Waals surface area contributed by atoms with Gasteiger partial charge in [0.25, 0.3) is 0 Å². The third-order valence-electron chi connectivity index (χ3n) is 2.88. The summed E-state index contributed by atoms with van der Waals surface area (Å²) in [5.41, 5.74) is 1.53. The van der Waals surface area contributed by atoms with Gasteiger partial charge < -0.3 is 4.74 Å². The molecule has 84 valence electrons. The highest BCUT2D eigenvalue weighted by atomic mass is 16.5. The number of nitriles is 1. The van der Waals surface area contributed by atoms with E-state index in [1.807, 2.05) is 12.1 Å². The van der Waals surface area contributed by atoms with Gasteiger partial charge in [-0.2, -0.15) is 5.26 Å². The summed E-state index contributed by atoms with van der Waals surface area (Å²) < 4.78 is 5.38. The van der Waals surface area contributed by atoms with Gasteiger partial charge in [0.05, 0.1) is 13.2 Å². The van der Waals surface area contributed by atoms with Crippen molar-refractivity contribution in [3.8, 4) is 6.07 Å². The van der Waals surface area contributed by atoms with Crippen LogP contribution in [0.2, 0.25) is 0 Å². The minimum atomic E-state index is 0.403. The van der Waals surface area contributed by atoms with Crippen LogP contribution in [0.3, 0.4) is 0 Å². The molecule has 0 radical (unpaired) electrons. The summed E-state index contributed by atoms with van der Waals surface area (Å²) in [6, 6.07) is 6.38. The predicted molar refractivity (Wildman–Crippen MR) is 59.6 cm³/mol. The number of rotatable bonds is 2. The Bertz CT molecular complexity index is 399. The number of ether oxygens (including phenoxy) is 1. The zero-order valence-electron chi connectivity index (χ0n) is 9.39. The van der Waals surface area contributed by atoms with E-state index in [0.717, 1.165) is 31.9 Å². The Morgan fingerprint density at radius 2 is 2.56 bits per heavy atom. The molecule has 16 heavy (non-hydrogen) atoms. The summed E-state index contributed by atoms with van der Waals surface area (Å²) in [5, 5.41) is 8.96. The fourth-order valence-corrected chi connectivity index (χ4v) is 1.88. The van der Waals surface area contributed by atoms with E-state index in [-0.39, 0.29) is 0 Å². The van der Waals surface area contributed by atoms with Gasteiger partial charge in [-0.15, -0.1) is 0 Å². The van der Waals surface area contributed by atoms with E-state index in [1.165, 1.54) is 0 Å². The third kappa shape index (κ3) is 2.38. The smallest absolute Gasteiger partial charge is 0.144 e. The van der Waals surface area contributed by atoms with Crippen LogP contribution in [0.15, 0.2) is 18.3 Å². The van der Waals surface area contributed by atoms with E-state index < -0.39 is 0 Å². The van der Waals surface area contributed by atoms with Crippen LogP contribution in [0.5, 0.6) is 0 Å². The Morgan fingerprint density at radius 1 is 1.69 bits per heavy atom. The highest BCUT2D eigenvalue weighted by Crippen LogP contribution is 2.13. The topological polar surface area (TPSA) is 49.1 Å². The van der Waals surface area contributed by atoms with Crippen molar-refractivity contribution in [2.45, 2.75) is 19.5 Å². The molecule has 1 saturated heterocycles. The van der Waals surface area contributed by atoms with Crippen LogP contribution in [0.25, 0.3) is 0 Å². The van der Waals surface area contributed by atoms with E-state index in [2.05, 4.69) is 22.9 Å². The normalized spacial score (nSPS) is 21.6. The average molecular weight is 217 g/mol. The molecule has 0 spiro atoms. The first-order valence-electron chi connectivity index (χ1n) is 5.47. The number of hydrogen-bond acceptors (Lipinski definition) is 4. The average Bonchev–Trinajstić information content (AvgIpc) is 2.33. The molecule has 1 atom stereocenters. The fraction of sp³-hybridized carbons (Fsp3) is 0.500. The Morgan fingerprint density at radius 3 is 3.31 bits per heavy atom. The van der Waals surface area contributed by atoms with E-state index in [1.54, 1.807) is 6.20 Å². The molecule has 0 saturated carbocycles. The van der Waals surface area contributed by atoms with Gasteiger partial charge in [-0.3, -0.25) is 4.90 Å². The molecule has 1 aliphatic heterocycles. The van der Waals surface area contributed by atoms with Gasteiger partial charge in [-0.25, -0.2) is 4.98 Å². The van der Waals surface area contributed by atoms with Gasteiger partial charge in [0.1, 0.15) is 11.8 Å². The zero-order chi connectivity index (χ0) is 11.4. The molecule has 1 aliphatic rings. The number of pyridine rings is 1. The molecule has 1 fully saturated rings. The lowest BCUT2D eigenvalue weighted by Crippen LogP contribution is -2.43. The summed E-state index contributed by atoms with van der Waals surface area (Å²) in [6.07, 6.45) is 1.66. The highest BCUT2D eigenvalue weighted by Gasteiger charge is 2.19. The Balaban J connectivity index is 2.11. The highest BCUT2D eigenvalue weighted by molar-refractivity contribution is 5.30. The first kappa shape index (κ1) is 11.1. The van der Waals surface area contributed by atoms with E-state index in [4.69, 9.17) is 10.00 Å². The van der Waals surface area contributed by atoms with Gasteiger partial charge in [-0.1, -0.05) is 6.07 Å². The second-order valence-electron chi connectivity index (χ2n) is 4.02. The van der Waals surface area contributed by atoms with Crippen molar-refractivity contribution < 1.29 is 4.74 Å². The molecule has 1 aromatic rings. The molecule has 0 N–H and O–H groups in total. The van der Waals surface area contributed by atoms with Crippen LogP contribution in [0.4, 0.5) is 0 Å². The maximum absolute atomic E-state index is 8.96. The number of aromatic nitrogens is 1. The van der Waals surface area contributed by atoms with Crippen LogP contribution in [0, 0.1) is 11.3 Å². The standard InChI is InChI=1S/C12H15N3O/c1-10-9-16-6-5-15(10)8-11-3-2-4-14-12(11)7-13/h2-4,10H,5-6,8-9H2,1H3. The molecule has 2 rings (SSSR count). The predicted octanol–water partition coefficient (Wildman–Crippen LogP) is 1.17. The molecule has 0 amide bonds. The number of morpholine rings is 1. The van der Waals surface area contributed by atoms with E-state index in [0.29, 0.717) is 11.7 Å². The second-order valence-corrected chi connectivity index (χ2v) is 4.02. The van der Waals surface area contributed by atoms with Crippen LogP contribution >= 0.6 is 0 Å². The van der Waals surface area contributed by atoms with Gasteiger partial charge in [0.2, 0.25) is 0 Å². The van der Waals surface area contributed by atoms with Crippen molar-refractivity contribution in [1.82, 2.24) is 9.88 Å². The fourth-order valence-electron chi connectivity index (χ4n) is 1.88. The van der Waals surface area contributed by atoms with Crippen molar-refractivity contribution in [3.63, 3.8) is 0 Å².